The smallest absolute Gasteiger partial charge is 0.404 e. The molecule has 2 saturated carbocycles. The van der Waals surface area contributed by atoms with Crippen LogP contribution < -0.4 is 15.4 Å². The van der Waals surface area contributed by atoms with Crippen LogP contribution in [0.1, 0.15) is 75.3 Å². The first-order valence-electron chi connectivity index (χ1n) is 13.9. The number of carbonyl (C=O) groups is 2. The molecule has 2 unspecified atom stereocenters. The molecular weight excluding hydrogens is 560 g/mol. The first-order chi connectivity index (χ1) is 19.4. The van der Waals surface area contributed by atoms with E-state index in [4.69, 9.17) is 5.11 Å². The fraction of sp³-hybridized carbons (Fsp3) is 0.433. The van der Waals surface area contributed by atoms with Gasteiger partial charge in [-0.1, -0.05) is 36.4 Å². The lowest BCUT2D eigenvalue weighted by Gasteiger charge is -2.27. The van der Waals surface area contributed by atoms with E-state index in [-0.39, 0.29) is 34.6 Å². The Morgan fingerprint density at radius 3 is 2.39 bits per heavy atom. The summed E-state index contributed by atoms with van der Waals surface area (Å²) >= 11 is 1.46. The van der Waals surface area contributed by atoms with Crippen LogP contribution in [0.25, 0.3) is 10.4 Å². The fourth-order valence-electron chi connectivity index (χ4n) is 5.53. The van der Waals surface area contributed by atoms with Gasteiger partial charge in [-0.3, -0.25) is 4.79 Å². The highest BCUT2D eigenvalue weighted by molar-refractivity contribution is 7.89. The van der Waals surface area contributed by atoms with Gasteiger partial charge in [0.1, 0.15) is 0 Å². The second-order valence-corrected chi connectivity index (χ2v) is 14.7. The quantitative estimate of drug-likeness (QED) is 0.255. The highest BCUT2D eigenvalue weighted by Gasteiger charge is 2.44. The van der Waals surface area contributed by atoms with Gasteiger partial charge >= 0.3 is 6.09 Å². The number of anilines is 1. The van der Waals surface area contributed by atoms with Crippen LogP contribution in [0.15, 0.2) is 59.6 Å². The van der Waals surface area contributed by atoms with Crippen molar-refractivity contribution < 1.29 is 23.1 Å². The van der Waals surface area contributed by atoms with Crippen molar-refractivity contribution in [2.24, 2.45) is 5.92 Å². The average Bonchev–Trinajstić information content (AvgIpc) is 3.57. The molecule has 41 heavy (non-hydrogen) atoms. The summed E-state index contributed by atoms with van der Waals surface area (Å²) in [4.78, 5) is 29.5. The van der Waals surface area contributed by atoms with Gasteiger partial charge in [-0.2, -0.15) is 0 Å². The molecule has 3 aromatic rings. The first kappa shape index (κ1) is 29.2. The van der Waals surface area contributed by atoms with Gasteiger partial charge < -0.3 is 15.7 Å². The lowest BCUT2D eigenvalue weighted by molar-refractivity contribution is -0.117. The summed E-state index contributed by atoms with van der Waals surface area (Å²) in [6.45, 7) is 5.35. The van der Waals surface area contributed by atoms with E-state index in [9.17, 15) is 18.0 Å². The highest BCUT2D eigenvalue weighted by Crippen LogP contribution is 2.48. The van der Waals surface area contributed by atoms with Gasteiger partial charge in [0, 0.05) is 40.9 Å². The minimum absolute atomic E-state index is 0.0511. The van der Waals surface area contributed by atoms with Crippen LogP contribution in [0.4, 0.5) is 10.5 Å². The van der Waals surface area contributed by atoms with Crippen LogP contribution in [0.2, 0.25) is 0 Å². The summed E-state index contributed by atoms with van der Waals surface area (Å²) in [5.41, 5.74) is 1.39. The van der Waals surface area contributed by atoms with Crippen LogP contribution in [0.5, 0.6) is 0 Å². The van der Waals surface area contributed by atoms with E-state index in [1.807, 2.05) is 30.3 Å². The third kappa shape index (κ3) is 7.14. The summed E-state index contributed by atoms with van der Waals surface area (Å²) in [5, 5.41) is 15.4. The number of rotatable bonds is 8. The summed E-state index contributed by atoms with van der Waals surface area (Å²) in [7, 11) is -3.93. The minimum atomic E-state index is -3.93. The van der Waals surface area contributed by atoms with Gasteiger partial charge in [-0.05, 0) is 76.5 Å². The number of carboxylic acid groups (broad SMARTS) is 1. The molecule has 5 rings (SSSR count). The Morgan fingerprint density at radius 1 is 1.02 bits per heavy atom. The molecule has 2 aliphatic carbocycles. The van der Waals surface area contributed by atoms with Crippen LogP contribution in [0, 0.1) is 5.92 Å². The van der Waals surface area contributed by atoms with Crippen molar-refractivity contribution in [3.63, 3.8) is 0 Å². The molecule has 2 amide bonds. The van der Waals surface area contributed by atoms with Crippen LogP contribution in [-0.4, -0.2) is 42.1 Å². The maximum Gasteiger partial charge on any atom is 0.404 e. The molecule has 2 atom stereocenters. The number of carbonyl (C=O) groups excluding carboxylic acids is 1. The molecule has 11 heteroatoms. The summed E-state index contributed by atoms with van der Waals surface area (Å²) < 4.78 is 29.9. The highest BCUT2D eigenvalue weighted by atomic mass is 32.2. The van der Waals surface area contributed by atoms with Crippen molar-refractivity contribution in [3.05, 3.63) is 65.3 Å². The number of sulfonamides is 1. The number of thiazole rings is 1. The molecule has 218 valence electrons. The number of nitrogens with one attached hydrogen (secondary N) is 3. The molecule has 1 heterocycles. The Kier molecular flexibility index (Phi) is 8.22. The maximum atomic E-state index is 13.6. The number of aromatic nitrogens is 1. The van der Waals surface area contributed by atoms with Gasteiger partial charge in [0.05, 0.1) is 14.8 Å². The number of nitrogens with zero attached hydrogens (tertiary/aromatic N) is 1. The lowest BCUT2D eigenvalue weighted by Crippen LogP contribution is -2.40. The maximum absolute atomic E-state index is 13.6. The van der Waals surface area contributed by atoms with Crippen molar-refractivity contribution >= 4 is 39.0 Å². The predicted molar refractivity (Wildman–Crippen MR) is 160 cm³/mol. The summed E-state index contributed by atoms with van der Waals surface area (Å²) in [5.74, 6) is 0.108. The molecule has 2 aromatic carbocycles. The summed E-state index contributed by atoms with van der Waals surface area (Å²) in [6.07, 6.45) is 4.57. The fourth-order valence-corrected chi connectivity index (χ4v) is 8.39. The Morgan fingerprint density at radius 2 is 1.73 bits per heavy atom. The van der Waals surface area contributed by atoms with Gasteiger partial charge in [0.15, 0.2) is 0 Å². The van der Waals surface area contributed by atoms with Crippen molar-refractivity contribution in [3.8, 4) is 10.4 Å². The van der Waals surface area contributed by atoms with E-state index >= 15 is 0 Å². The number of benzene rings is 2. The third-order valence-corrected chi connectivity index (χ3v) is 10.5. The molecule has 2 fully saturated rings. The molecule has 2 aliphatic rings. The number of amides is 2. The Hall–Kier alpha value is -3.28. The first-order valence-corrected chi connectivity index (χ1v) is 16.2. The normalized spacial score (nSPS) is 22.6. The topological polar surface area (TPSA) is 137 Å². The van der Waals surface area contributed by atoms with Gasteiger partial charge in [0.2, 0.25) is 15.9 Å². The van der Waals surface area contributed by atoms with Crippen LogP contribution in [0.3, 0.4) is 0 Å². The molecule has 0 aliphatic heterocycles. The van der Waals surface area contributed by atoms with Gasteiger partial charge in [-0.25, -0.2) is 22.9 Å². The van der Waals surface area contributed by atoms with Crippen LogP contribution >= 0.6 is 11.3 Å². The predicted octanol–water partition coefficient (Wildman–Crippen LogP) is 5.92. The zero-order valence-electron chi connectivity index (χ0n) is 23.4. The third-order valence-electron chi connectivity index (χ3n) is 7.53. The lowest BCUT2D eigenvalue weighted by atomic mass is 9.86. The van der Waals surface area contributed by atoms with Gasteiger partial charge in [-0.15, -0.1) is 11.3 Å². The number of hydrogen-bond acceptors (Lipinski definition) is 6. The van der Waals surface area contributed by atoms with Gasteiger partial charge in [0.25, 0.3) is 0 Å². The SMILES string of the molecule is CC(C)(C)NS(=O)(=O)c1cc(NC(=O)C2CC2c2ccccc2)ccc1-c1cnc(C2CCC(NC(=O)O)CC2)s1. The second-order valence-electron chi connectivity index (χ2n) is 12.0. The Balaban J connectivity index is 1.37. The van der Waals surface area contributed by atoms with E-state index in [0.29, 0.717) is 11.3 Å². The molecule has 9 nitrogen and oxygen atoms in total. The second kappa shape index (κ2) is 11.5. The van der Waals surface area contributed by atoms with Crippen molar-refractivity contribution in [2.45, 2.75) is 81.2 Å². The van der Waals surface area contributed by atoms with E-state index < -0.39 is 21.7 Å². The number of hydrogen-bond donors (Lipinski definition) is 4. The zero-order valence-corrected chi connectivity index (χ0v) is 25.0. The summed E-state index contributed by atoms with van der Waals surface area (Å²) in [6, 6.07) is 14.9. The standard InChI is InChI=1S/C30H36N4O5S2/c1-30(2,3)34-41(38,39)26-15-21(32-27(35)24-16-23(24)18-7-5-4-6-8-18)13-14-22(26)25-17-31-28(40-25)19-9-11-20(12-10-19)33-29(36)37/h4-8,13-15,17,19-20,23-24,33-34H,9-12,16H2,1-3H3,(H,32,35)(H,36,37). The molecule has 0 spiro atoms. The van der Waals surface area contributed by atoms with E-state index in [1.54, 1.807) is 39.1 Å². The molecule has 0 bridgehead atoms. The molecule has 0 radical (unpaired) electrons. The Bertz CT molecular complexity index is 1520. The van der Waals surface area contributed by atoms with E-state index in [2.05, 4.69) is 20.3 Å². The Labute approximate surface area is 244 Å². The van der Waals surface area contributed by atoms with E-state index in [1.165, 1.54) is 17.4 Å². The largest absolute Gasteiger partial charge is 0.465 e. The minimum Gasteiger partial charge on any atom is -0.465 e. The molecule has 0 saturated heterocycles. The van der Waals surface area contributed by atoms with Crippen molar-refractivity contribution in [1.82, 2.24) is 15.0 Å². The van der Waals surface area contributed by atoms with Crippen LogP contribution in [-0.2, 0) is 14.8 Å². The van der Waals surface area contributed by atoms with E-state index in [0.717, 1.165) is 47.6 Å². The molecular formula is C30H36N4O5S2. The monoisotopic (exact) mass is 596 g/mol. The van der Waals surface area contributed by atoms with Crippen molar-refractivity contribution in [2.75, 3.05) is 5.32 Å². The zero-order chi connectivity index (χ0) is 29.4. The average molecular weight is 597 g/mol. The molecule has 1 aromatic heterocycles. The van der Waals surface area contributed by atoms with Crippen molar-refractivity contribution in [1.29, 1.82) is 0 Å². The molecule has 4 N–H and O–H groups in total.